The van der Waals surface area contributed by atoms with Gasteiger partial charge in [-0.2, -0.15) is 0 Å². The summed E-state index contributed by atoms with van der Waals surface area (Å²) >= 11 is 0. The van der Waals surface area contributed by atoms with Gasteiger partial charge in [-0.15, -0.1) is 0 Å². The van der Waals surface area contributed by atoms with Crippen LogP contribution < -0.4 is 5.32 Å². The number of halogens is 3. The maximum absolute atomic E-state index is 14.5. The minimum Gasteiger partial charge on any atom is -0.352 e. The van der Waals surface area contributed by atoms with E-state index < -0.39 is 11.6 Å². The van der Waals surface area contributed by atoms with Gasteiger partial charge >= 0.3 is 6.03 Å². The van der Waals surface area contributed by atoms with Gasteiger partial charge in [-0.25, -0.2) is 18.0 Å². The molecule has 31 heavy (non-hydrogen) atoms. The van der Waals surface area contributed by atoms with Crippen LogP contribution in [0.2, 0.25) is 0 Å². The van der Waals surface area contributed by atoms with Gasteiger partial charge in [0.05, 0.1) is 11.2 Å². The fraction of sp³-hybridized carbons (Fsp3) is 0.375. The molecule has 0 aliphatic heterocycles. The molecule has 2 aromatic carbocycles. The molecule has 2 amide bonds. The van der Waals surface area contributed by atoms with Crippen LogP contribution in [0.5, 0.6) is 0 Å². The number of carbonyl (C=O) groups excluding carboxylic acids is 1. The van der Waals surface area contributed by atoms with E-state index in [9.17, 15) is 18.0 Å². The summed E-state index contributed by atoms with van der Waals surface area (Å²) in [5.41, 5.74) is 2.54. The van der Waals surface area contributed by atoms with Crippen molar-refractivity contribution in [2.24, 2.45) is 5.92 Å². The highest BCUT2D eigenvalue weighted by Gasteiger charge is 2.35. The first-order valence-electron chi connectivity index (χ1n) is 10.6. The van der Waals surface area contributed by atoms with Gasteiger partial charge in [0, 0.05) is 31.6 Å². The highest BCUT2D eigenvalue weighted by molar-refractivity contribution is 5.92. The van der Waals surface area contributed by atoms with Crippen molar-refractivity contribution in [2.75, 3.05) is 20.1 Å². The number of fused-ring (bicyclic) bond motifs is 1. The Morgan fingerprint density at radius 1 is 1.13 bits per heavy atom. The molecule has 0 radical (unpaired) electrons. The Morgan fingerprint density at radius 2 is 1.84 bits per heavy atom. The summed E-state index contributed by atoms with van der Waals surface area (Å²) in [6, 6.07) is 8.12. The lowest BCUT2D eigenvalue weighted by Crippen LogP contribution is -2.42. The largest absolute Gasteiger partial charge is 0.352 e. The fourth-order valence-electron chi connectivity index (χ4n) is 4.47. The molecule has 1 aliphatic rings. The summed E-state index contributed by atoms with van der Waals surface area (Å²) in [5, 5.41) is 3.39. The Morgan fingerprint density at radius 3 is 2.52 bits per heavy atom. The van der Waals surface area contributed by atoms with Gasteiger partial charge in [-0.05, 0) is 72.6 Å². The number of benzene rings is 2. The monoisotopic (exact) mass is 429 g/mol. The first-order valence-corrected chi connectivity index (χ1v) is 10.6. The van der Waals surface area contributed by atoms with E-state index in [1.807, 2.05) is 6.92 Å². The zero-order valence-corrected chi connectivity index (χ0v) is 17.6. The van der Waals surface area contributed by atoms with Gasteiger partial charge in [0.1, 0.15) is 17.5 Å². The number of nitrogens with one attached hydrogen (secondary N) is 2. The summed E-state index contributed by atoms with van der Waals surface area (Å²) in [5.74, 6) is -1.21. The molecule has 1 fully saturated rings. The Balaban J connectivity index is 1.59. The lowest BCUT2D eigenvalue weighted by molar-refractivity contribution is 0.172. The summed E-state index contributed by atoms with van der Waals surface area (Å²) in [6.45, 7) is 3.27. The molecule has 4 nitrogen and oxygen atoms in total. The van der Waals surface area contributed by atoms with Crippen LogP contribution >= 0.6 is 0 Å². The van der Waals surface area contributed by atoms with Crippen LogP contribution in [-0.2, 0) is 0 Å². The second kappa shape index (κ2) is 8.65. The van der Waals surface area contributed by atoms with Crippen molar-refractivity contribution in [3.8, 4) is 11.3 Å². The van der Waals surface area contributed by atoms with Crippen molar-refractivity contribution in [1.29, 1.82) is 0 Å². The lowest BCUT2D eigenvalue weighted by Gasteiger charge is -2.38. The van der Waals surface area contributed by atoms with E-state index in [1.54, 1.807) is 24.1 Å². The van der Waals surface area contributed by atoms with Crippen LogP contribution in [0.4, 0.5) is 18.0 Å². The van der Waals surface area contributed by atoms with Gasteiger partial charge in [-0.1, -0.05) is 6.92 Å². The average Bonchev–Trinajstić information content (AvgIpc) is 3.08. The van der Waals surface area contributed by atoms with E-state index in [1.165, 1.54) is 18.2 Å². The van der Waals surface area contributed by atoms with Crippen molar-refractivity contribution in [3.63, 3.8) is 0 Å². The van der Waals surface area contributed by atoms with Crippen molar-refractivity contribution in [3.05, 3.63) is 59.4 Å². The van der Waals surface area contributed by atoms with Gasteiger partial charge in [0.2, 0.25) is 0 Å². The molecular weight excluding hydrogens is 403 g/mol. The number of aromatic amines is 1. The molecule has 3 aromatic rings. The highest BCUT2D eigenvalue weighted by atomic mass is 19.1. The van der Waals surface area contributed by atoms with Crippen LogP contribution in [0.1, 0.15) is 37.7 Å². The molecule has 0 bridgehead atoms. The Kier molecular flexibility index (Phi) is 5.94. The minimum absolute atomic E-state index is 0.0893. The molecule has 2 N–H and O–H groups in total. The number of urea groups is 1. The second-order valence-electron chi connectivity index (χ2n) is 8.38. The molecule has 0 spiro atoms. The second-order valence-corrected chi connectivity index (χ2v) is 8.38. The normalized spacial score (nSPS) is 18.1. The molecule has 1 heterocycles. The Hall–Kier alpha value is -2.96. The van der Waals surface area contributed by atoms with Gasteiger partial charge in [0.25, 0.3) is 0 Å². The maximum Gasteiger partial charge on any atom is 0.317 e. The van der Waals surface area contributed by atoms with E-state index in [-0.39, 0.29) is 23.3 Å². The summed E-state index contributed by atoms with van der Waals surface area (Å²) < 4.78 is 41.9. The zero-order valence-electron chi connectivity index (χ0n) is 17.6. The van der Waals surface area contributed by atoms with Crippen LogP contribution in [0.25, 0.3) is 22.2 Å². The zero-order chi connectivity index (χ0) is 22.1. The third-order valence-corrected chi connectivity index (χ3v) is 6.05. The molecule has 7 heteroatoms. The number of amides is 2. The molecule has 0 atom stereocenters. The van der Waals surface area contributed by atoms with E-state index in [2.05, 4.69) is 10.3 Å². The number of carbonyl (C=O) groups is 1. The average molecular weight is 429 g/mol. The molecule has 1 aliphatic carbocycles. The van der Waals surface area contributed by atoms with Gasteiger partial charge < -0.3 is 15.2 Å². The van der Waals surface area contributed by atoms with Crippen LogP contribution in [0.3, 0.4) is 0 Å². The highest BCUT2D eigenvalue weighted by Crippen LogP contribution is 2.48. The Bertz CT molecular complexity index is 1090. The Labute approximate surface area is 179 Å². The van der Waals surface area contributed by atoms with E-state index in [0.29, 0.717) is 30.1 Å². The third-order valence-electron chi connectivity index (χ3n) is 6.05. The number of aromatic nitrogens is 1. The smallest absolute Gasteiger partial charge is 0.317 e. The number of rotatable bonds is 6. The topological polar surface area (TPSA) is 48.1 Å². The number of nitrogens with zero attached hydrogens (tertiary/aromatic N) is 1. The van der Waals surface area contributed by atoms with Crippen molar-refractivity contribution < 1.29 is 18.0 Å². The fourth-order valence-corrected chi connectivity index (χ4v) is 4.47. The summed E-state index contributed by atoms with van der Waals surface area (Å²) in [6.07, 6.45) is 2.50. The first kappa shape index (κ1) is 21.3. The predicted octanol–water partition coefficient (Wildman–Crippen LogP) is 5.80. The van der Waals surface area contributed by atoms with Crippen LogP contribution in [-0.4, -0.2) is 36.1 Å². The number of hydrogen-bond acceptors (Lipinski definition) is 1. The van der Waals surface area contributed by atoms with Crippen molar-refractivity contribution in [1.82, 2.24) is 15.2 Å². The van der Waals surface area contributed by atoms with E-state index in [0.717, 1.165) is 36.5 Å². The SMILES string of the molecule is CCCNC(=O)N(C)CC1CC(c2c(-c3ccc(F)cc3)[nH]c3c(F)cc(F)cc23)C1. The molecule has 0 saturated heterocycles. The number of H-pyrrole nitrogens is 1. The van der Waals surface area contributed by atoms with E-state index in [4.69, 9.17) is 0 Å². The minimum atomic E-state index is -0.646. The van der Waals surface area contributed by atoms with Gasteiger partial charge in [0.15, 0.2) is 0 Å². The molecule has 4 rings (SSSR count). The van der Waals surface area contributed by atoms with Crippen LogP contribution in [0.15, 0.2) is 36.4 Å². The standard InChI is InChI=1S/C24H26F3N3O/c1-3-8-28-24(31)30(2)13-14-9-16(10-14)21-19-11-18(26)12-20(27)23(19)29-22(21)15-4-6-17(25)7-5-15/h4-7,11-12,14,16,29H,3,8-10,13H2,1-2H3,(H,28,31). The molecule has 1 aromatic heterocycles. The molecule has 0 unspecified atom stereocenters. The quantitative estimate of drug-likeness (QED) is 0.511. The van der Waals surface area contributed by atoms with Gasteiger partial charge in [-0.3, -0.25) is 0 Å². The maximum atomic E-state index is 14.5. The lowest BCUT2D eigenvalue weighted by atomic mass is 9.70. The summed E-state index contributed by atoms with van der Waals surface area (Å²) in [4.78, 5) is 16.9. The molecule has 1 saturated carbocycles. The van der Waals surface area contributed by atoms with E-state index >= 15 is 0 Å². The first-order chi connectivity index (χ1) is 14.9. The summed E-state index contributed by atoms with van der Waals surface area (Å²) in [7, 11) is 1.78. The van der Waals surface area contributed by atoms with Crippen molar-refractivity contribution in [2.45, 2.75) is 32.1 Å². The van der Waals surface area contributed by atoms with Crippen LogP contribution in [0, 0.1) is 23.4 Å². The predicted molar refractivity (Wildman–Crippen MR) is 115 cm³/mol. The molecular formula is C24H26F3N3O. The number of hydrogen-bond donors (Lipinski definition) is 2. The molecule has 164 valence electrons. The third kappa shape index (κ3) is 4.27. The van der Waals surface area contributed by atoms with Crippen molar-refractivity contribution >= 4 is 16.9 Å².